The number of amides is 2. The Balaban J connectivity index is 1.89. The molecule has 0 bridgehead atoms. The number of hydrogen-bond acceptors (Lipinski definition) is 8. The lowest BCUT2D eigenvalue weighted by Gasteiger charge is -2.41. The monoisotopic (exact) mass is 486 g/mol. The predicted molar refractivity (Wildman–Crippen MR) is 123 cm³/mol. The number of methoxy groups -OCH3 is 1. The average molecular weight is 486 g/mol. The second-order valence-electron chi connectivity index (χ2n) is 9.29. The zero-order valence-corrected chi connectivity index (χ0v) is 20.8. The van der Waals surface area contributed by atoms with Crippen LogP contribution in [0.5, 0.6) is 0 Å². The van der Waals surface area contributed by atoms with E-state index in [4.69, 9.17) is 14.2 Å². The van der Waals surface area contributed by atoms with Gasteiger partial charge in [-0.05, 0) is 39.5 Å². The van der Waals surface area contributed by atoms with Crippen molar-refractivity contribution < 1.29 is 38.0 Å². The summed E-state index contributed by atoms with van der Waals surface area (Å²) in [6.07, 6.45) is 2.49. The summed E-state index contributed by atoms with van der Waals surface area (Å²) in [7, 11) is 4.70. The molecule has 2 aliphatic rings. The molecule has 1 saturated carbocycles. The third-order valence-electron chi connectivity index (χ3n) is 6.51. The van der Waals surface area contributed by atoms with E-state index < -0.39 is 24.4 Å². The molecule has 2 amide bonds. The number of nitrogens with one attached hydrogen (secondary N) is 1. The summed E-state index contributed by atoms with van der Waals surface area (Å²) in [6, 6.07) is 0. The molecule has 5 atom stereocenters. The number of rotatable bonds is 13. The van der Waals surface area contributed by atoms with Gasteiger partial charge >= 0.3 is 13.9 Å². The standard InChI is InChI=1S/C22H38BFN3O7/c1-15(2)6-7-16(28)12-17-20(31-5)18(8-9-22(17)14-32-22)33-21(30)27(4)11-10-26(3)19(29)13-25-34-23-24/h6,16-18,20,25,28H,7-14H2,1-5H3/t16-,17?,18?,20?,22+/m1/s1. The lowest BCUT2D eigenvalue weighted by molar-refractivity contribution is -0.130. The van der Waals surface area contributed by atoms with Gasteiger partial charge in [0, 0.05) is 40.2 Å². The van der Waals surface area contributed by atoms with Crippen LogP contribution in [0.2, 0.25) is 0 Å². The minimum atomic E-state index is -0.536. The summed E-state index contributed by atoms with van der Waals surface area (Å²) < 4.78 is 33.4. The number of carbonyl (C=O) groups is 2. The highest BCUT2D eigenvalue weighted by atomic mass is 19.1. The fraction of sp³-hybridized carbons (Fsp3) is 0.818. The largest absolute Gasteiger partial charge is 0.553 e. The molecule has 2 rings (SSSR count). The number of likely N-dealkylation sites (N-methyl/N-ethyl adjacent to an activating group) is 2. The minimum absolute atomic E-state index is 0.0543. The van der Waals surface area contributed by atoms with Crippen LogP contribution in [-0.4, -0.2) is 106 Å². The van der Waals surface area contributed by atoms with Crippen LogP contribution in [0, 0.1) is 5.92 Å². The molecule has 193 valence electrons. The minimum Gasteiger partial charge on any atom is -0.443 e. The lowest BCUT2D eigenvalue weighted by atomic mass is 9.72. The number of allylic oxidation sites excluding steroid dienone is 1. The number of hydrogen-bond donors (Lipinski definition) is 2. The van der Waals surface area contributed by atoms with Crippen molar-refractivity contribution in [2.24, 2.45) is 5.92 Å². The van der Waals surface area contributed by atoms with Gasteiger partial charge in [0.05, 0.1) is 31.0 Å². The normalized spacial score (nSPS) is 26.5. The van der Waals surface area contributed by atoms with Crippen LogP contribution in [0.1, 0.15) is 39.5 Å². The van der Waals surface area contributed by atoms with Crippen LogP contribution in [0.3, 0.4) is 0 Å². The van der Waals surface area contributed by atoms with Gasteiger partial charge in [0.25, 0.3) is 0 Å². The van der Waals surface area contributed by atoms with Crippen molar-refractivity contribution in [3.05, 3.63) is 11.6 Å². The van der Waals surface area contributed by atoms with Crippen molar-refractivity contribution in [1.82, 2.24) is 15.3 Å². The molecule has 0 aromatic heterocycles. The molecule has 10 nitrogen and oxygen atoms in total. The van der Waals surface area contributed by atoms with Crippen LogP contribution in [0.25, 0.3) is 0 Å². The van der Waals surface area contributed by atoms with E-state index in [9.17, 15) is 19.0 Å². The Morgan fingerprint density at radius 2 is 2.00 bits per heavy atom. The third-order valence-corrected chi connectivity index (χ3v) is 6.51. The third kappa shape index (κ3) is 8.19. The van der Waals surface area contributed by atoms with E-state index in [1.807, 2.05) is 19.9 Å². The Labute approximate surface area is 202 Å². The zero-order valence-electron chi connectivity index (χ0n) is 20.8. The first-order valence-corrected chi connectivity index (χ1v) is 11.6. The molecule has 1 heterocycles. The molecule has 1 spiro atoms. The molecule has 3 unspecified atom stereocenters. The van der Waals surface area contributed by atoms with E-state index in [0.29, 0.717) is 25.9 Å². The van der Waals surface area contributed by atoms with Crippen molar-refractivity contribution in [1.29, 1.82) is 0 Å². The average Bonchev–Trinajstić information content (AvgIpc) is 3.58. The second kappa shape index (κ2) is 13.4. The summed E-state index contributed by atoms with van der Waals surface area (Å²) in [5, 5.41) is 10.6. The van der Waals surface area contributed by atoms with E-state index in [-0.39, 0.29) is 44.8 Å². The van der Waals surface area contributed by atoms with Crippen LogP contribution in [0.15, 0.2) is 11.6 Å². The van der Waals surface area contributed by atoms with Crippen molar-refractivity contribution in [3.8, 4) is 0 Å². The zero-order chi connectivity index (χ0) is 25.3. The van der Waals surface area contributed by atoms with Gasteiger partial charge in [0.2, 0.25) is 5.91 Å². The van der Waals surface area contributed by atoms with E-state index in [1.165, 1.54) is 9.80 Å². The SMILES string of the molecule is COC1C(OC(=O)N(C)CCN(C)C(=O)CNO[B]F)CC[C@]2(CO2)C1C[C@H](O)CC=C(C)C. The number of halogens is 1. The van der Waals surface area contributed by atoms with Gasteiger partial charge in [-0.2, -0.15) is 0 Å². The molecule has 2 N–H and O–H groups in total. The number of epoxide rings is 1. The van der Waals surface area contributed by atoms with Crippen molar-refractivity contribution in [2.45, 2.75) is 63.4 Å². The molecule has 0 aromatic carbocycles. The Hall–Kier alpha value is -1.73. The summed E-state index contributed by atoms with van der Waals surface area (Å²) >= 11 is 0. The van der Waals surface area contributed by atoms with E-state index in [0.717, 1.165) is 12.0 Å². The highest BCUT2D eigenvalue weighted by Gasteiger charge is 2.59. The Morgan fingerprint density at radius 3 is 2.59 bits per heavy atom. The van der Waals surface area contributed by atoms with Gasteiger partial charge in [-0.15, -0.1) is 0 Å². The van der Waals surface area contributed by atoms with Gasteiger partial charge in [-0.3, -0.25) is 9.11 Å². The Kier molecular flexibility index (Phi) is 11.2. The number of aliphatic hydroxyl groups is 1. The first kappa shape index (κ1) is 28.5. The van der Waals surface area contributed by atoms with Gasteiger partial charge in [0.1, 0.15) is 6.10 Å². The molecular weight excluding hydrogens is 448 g/mol. The molecule has 1 saturated heterocycles. The predicted octanol–water partition coefficient (Wildman–Crippen LogP) is 1.21. The van der Waals surface area contributed by atoms with E-state index in [2.05, 4.69) is 10.2 Å². The molecule has 0 aromatic rings. The van der Waals surface area contributed by atoms with Crippen LogP contribution < -0.4 is 5.48 Å². The summed E-state index contributed by atoms with van der Waals surface area (Å²) in [4.78, 5) is 27.5. The lowest BCUT2D eigenvalue weighted by Crippen LogP contribution is -2.52. The summed E-state index contributed by atoms with van der Waals surface area (Å²) in [5.41, 5.74) is 2.99. The molecular formula is C22H38BFN3O7. The number of hydroxylamine groups is 1. The number of carbonyl (C=O) groups excluding carboxylic acids is 2. The fourth-order valence-corrected chi connectivity index (χ4v) is 4.30. The van der Waals surface area contributed by atoms with Gasteiger partial charge < -0.3 is 33.9 Å². The first-order chi connectivity index (χ1) is 16.1. The van der Waals surface area contributed by atoms with Crippen LogP contribution in [-0.2, 0) is 23.8 Å². The maximum Gasteiger partial charge on any atom is 0.553 e. The number of aliphatic hydroxyl groups excluding tert-OH is 1. The van der Waals surface area contributed by atoms with Crippen molar-refractivity contribution in [2.75, 3.05) is 47.4 Å². The van der Waals surface area contributed by atoms with Crippen LogP contribution >= 0.6 is 0 Å². The van der Waals surface area contributed by atoms with Gasteiger partial charge in [0.15, 0.2) is 0 Å². The van der Waals surface area contributed by atoms with Crippen molar-refractivity contribution in [3.63, 3.8) is 0 Å². The highest BCUT2D eigenvalue weighted by Crippen LogP contribution is 2.49. The topological polar surface area (TPSA) is 113 Å². The Morgan fingerprint density at radius 1 is 1.32 bits per heavy atom. The molecule has 1 radical (unpaired) electrons. The molecule has 1 aliphatic heterocycles. The van der Waals surface area contributed by atoms with E-state index in [1.54, 1.807) is 21.2 Å². The summed E-state index contributed by atoms with van der Waals surface area (Å²) in [5.74, 6) is -0.408. The number of nitrogens with zero attached hydrogens (tertiary/aromatic N) is 2. The molecule has 2 fully saturated rings. The second-order valence-corrected chi connectivity index (χ2v) is 9.29. The van der Waals surface area contributed by atoms with Crippen molar-refractivity contribution >= 4 is 19.8 Å². The van der Waals surface area contributed by atoms with Crippen LogP contribution in [0.4, 0.5) is 9.11 Å². The molecule has 34 heavy (non-hydrogen) atoms. The van der Waals surface area contributed by atoms with Gasteiger partial charge in [-0.25, -0.2) is 10.3 Å². The van der Waals surface area contributed by atoms with E-state index >= 15 is 0 Å². The Bertz CT molecular complexity index is 706. The summed E-state index contributed by atoms with van der Waals surface area (Å²) in [6.45, 7) is 4.92. The quantitative estimate of drug-likeness (QED) is 0.131. The molecule has 1 aliphatic carbocycles. The van der Waals surface area contributed by atoms with Gasteiger partial charge in [-0.1, -0.05) is 11.6 Å². The maximum absolute atomic E-state index is 12.7. The highest BCUT2D eigenvalue weighted by molar-refractivity contribution is 6.16. The fourth-order valence-electron chi connectivity index (χ4n) is 4.30. The maximum atomic E-state index is 12.7. The first-order valence-electron chi connectivity index (χ1n) is 11.6. The smallest absolute Gasteiger partial charge is 0.443 e. The molecule has 12 heteroatoms. The number of ether oxygens (including phenoxy) is 3.